The van der Waals surface area contributed by atoms with Gasteiger partial charge in [-0.1, -0.05) is 18.2 Å². The van der Waals surface area contributed by atoms with E-state index in [1.807, 2.05) is 4.90 Å². The Morgan fingerprint density at radius 2 is 1.87 bits per heavy atom. The van der Waals surface area contributed by atoms with Crippen LogP contribution in [-0.4, -0.2) is 30.0 Å². The highest BCUT2D eigenvalue weighted by molar-refractivity contribution is 7.12. The number of anilines is 1. The van der Waals surface area contributed by atoms with Crippen molar-refractivity contribution in [3.05, 3.63) is 58.2 Å². The minimum absolute atomic E-state index is 0.0264. The number of carbonyl (C=O) groups is 1. The van der Waals surface area contributed by atoms with E-state index < -0.39 is 23.6 Å². The first-order chi connectivity index (χ1) is 14.7. The number of fused-ring (bicyclic) bond motifs is 1. The van der Waals surface area contributed by atoms with Crippen molar-refractivity contribution in [3.8, 4) is 0 Å². The highest BCUT2D eigenvalue weighted by Gasteiger charge is 2.34. The molecule has 1 aromatic carbocycles. The molecular formula is C22H21F4N3OS. The fourth-order valence-corrected chi connectivity index (χ4v) is 4.78. The van der Waals surface area contributed by atoms with Gasteiger partial charge < -0.3 is 10.2 Å². The Balaban J connectivity index is 1.49. The van der Waals surface area contributed by atoms with Crippen molar-refractivity contribution in [2.75, 3.05) is 11.9 Å². The Kier molecular flexibility index (Phi) is 5.88. The van der Waals surface area contributed by atoms with E-state index in [4.69, 9.17) is 0 Å². The van der Waals surface area contributed by atoms with Crippen LogP contribution in [0.1, 0.15) is 41.0 Å². The number of benzene rings is 1. The summed E-state index contributed by atoms with van der Waals surface area (Å²) in [5.74, 6) is -0.944. The van der Waals surface area contributed by atoms with Gasteiger partial charge >= 0.3 is 6.18 Å². The zero-order chi connectivity index (χ0) is 22.2. The van der Waals surface area contributed by atoms with Crippen molar-refractivity contribution in [1.29, 1.82) is 0 Å². The average Bonchev–Trinajstić information content (AvgIpc) is 3.18. The first-order valence-electron chi connectivity index (χ1n) is 9.97. The molecule has 1 aliphatic rings. The van der Waals surface area contributed by atoms with Gasteiger partial charge in [-0.05, 0) is 49.3 Å². The number of aromatic nitrogens is 1. The van der Waals surface area contributed by atoms with E-state index in [9.17, 15) is 22.4 Å². The second kappa shape index (κ2) is 8.45. The molecule has 3 aromatic rings. The van der Waals surface area contributed by atoms with E-state index >= 15 is 0 Å². The molecule has 0 atom stereocenters. The molecule has 0 saturated heterocycles. The van der Waals surface area contributed by atoms with Crippen LogP contribution in [0.3, 0.4) is 0 Å². The normalized spacial score (nSPS) is 19.4. The molecule has 0 spiro atoms. The zero-order valence-electron chi connectivity index (χ0n) is 16.7. The summed E-state index contributed by atoms with van der Waals surface area (Å²) in [6, 6.07) is 9.12. The number of rotatable bonds is 4. The summed E-state index contributed by atoms with van der Waals surface area (Å²) in [6.45, 7) is 0. The van der Waals surface area contributed by atoms with Crippen molar-refractivity contribution in [1.82, 2.24) is 10.3 Å². The third kappa shape index (κ3) is 4.51. The molecule has 0 aliphatic heterocycles. The van der Waals surface area contributed by atoms with E-state index in [1.54, 1.807) is 31.3 Å². The van der Waals surface area contributed by atoms with Crippen LogP contribution in [0.5, 0.6) is 0 Å². The van der Waals surface area contributed by atoms with E-state index in [-0.39, 0.29) is 17.0 Å². The number of carbonyl (C=O) groups excluding carboxylic acids is 1. The molecule has 0 unspecified atom stereocenters. The van der Waals surface area contributed by atoms with Crippen molar-refractivity contribution in [2.24, 2.45) is 0 Å². The van der Waals surface area contributed by atoms with Crippen molar-refractivity contribution < 1.29 is 22.4 Å². The standard InChI is InChI=1S/C22H21F4N3OS/c1-29(18-12-19(22(24,25)26)28-17-5-3-2-4-15(17)18)14-8-6-13(7-9-14)27-21(30)20-16(23)10-11-31-20/h2-5,10-14H,6-9H2,1H3,(H,27,30). The number of hydrogen-bond donors (Lipinski definition) is 1. The van der Waals surface area contributed by atoms with Gasteiger partial charge in [-0.25, -0.2) is 9.37 Å². The van der Waals surface area contributed by atoms with Gasteiger partial charge in [-0.3, -0.25) is 4.79 Å². The number of nitrogens with zero attached hydrogens (tertiary/aromatic N) is 2. The lowest BCUT2D eigenvalue weighted by atomic mass is 9.89. The summed E-state index contributed by atoms with van der Waals surface area (Å²) in [5.41, 5.74) is -0.115. The lowest BCUT2D eigenvalue weighted by Gasteiger charge is -2.36. The maximum absolute atomic E-state index is 13.6. The summed E-state index contributed by atoms with van der Waals surface area (Å²) in [4.78, 5) is 18.0. The van der Waals surface area contributed by atoms with Crippen molar-refractivity contribution >= 4 is 33.8 Å². The number of halogens is 4. The van der Waals surface area contributed by atoms with Crippen LogP contribution in [0.2, 0.25) is 0 Å². The second-order valence-corrected chi connectivity index (χ2v) is 8.65. The number of nitrogens with one attached hydrogen (secondary N) is 1. The molecule has 1 amide bonds. The zero-order valence-corrected chi connectivity index (χ0v) is 17.6. The minimum Gasteiger partial charge on any atom is -0.371 e. The highest BCUT2D eigenvalue weighted by atomic mass is 32.1. The number of thiophene rings is 1. The van der Waals surface area contributed by atoms with E-state index in [0.717, 1.165) is 17.4 Å². The maximum Gasteiger partial charge on any atom is 0.433 e. The number of pyridine rings is 1. The molecule has 31 heavy (non-hydrogen) atoms. The smallest absolute Gasteiger partial charge is 0.371 e. The summed E-state index contributed by atoms with van der Waals surface area (Å²) in [5, 5.41) is 5.07. The SMILES string of the molecule is CN(c1cc(C(F)(F)F)nc2ccccc12)C1CCC(NC(=O)c2sccc2F)CC1. The third-order valence-electron chi connectivity index (χ3n) is 5.77. The number of amides is 1. The molecule has 4 rings (SSSR count). The Hall–Kier alpha value is -2.68. The van der Waals surface area contributed by atoms with E-state index in [2.05, 4.69) is 10.3 Å². The number of alkyl halides is 3. The molecular weight excluding hydrogens is 430 g/mol. The summed E-state index contributed by atoms with van der Waals surface area (Å²) < 4.78 is 53.7. The van der Waals surface area contributed by atoms with Gasteiger partial charge in [-0.2, -0.15) is 13.2 Å². The van der Waals surface area contributed by atoms with Gasteiger partial charge in [0.2, 0.25) is 0 Å². The van der Waals surface area contributed by atoms with Gasteiger partial charge in [0.05, 0.1) is 5.52 Å². The summed E-state index contributed by atoms with van der Waals surface area (Å²) >= 11 is 1.06. The van der Waals surface area contributed by atoms with Crippen LogP contribution in [-0.2, 0) is 6.18 Å². The molecule has 1 N–H and O–H groups in total. The van der Waals surface area contributed by atoms with Crippen LogP contribution >= 0.6 is 11.3 Å². The molecule has 4 nitrogen and oxygen atoms in total. The molecule has 2 aromatic heterocycles. The molecule has 164 valence electrons. The molecule has 0 radical (unpaired) electrons. The van der Waals surface area contributed by atoms with Crippen LogP contribution in [0.4, 0.5) is 23.2 Å². The highest BCUT2D eigenvalue weighted by Crippen LogP contribution is 2.36. The first kappa shape index (κ1) is 21.5. The molecule has 1 fully saturated rings. The van der Waals surface area contributed by atoms with Gasteiger partial charge in [0.1, 0.15) is 16.4 Å². The van der Waals surface area contributed by atoms with E-state index in [1.165, 1.54) is 11.4 Å². The Bertz CT molecular complexity index is 1090. The van der Waals surface area contributed by atoms with Gasteiger partial charge in [-0.15, -0.1) is 11.3 Å². The lowest BCUT2D eigenvalue weighted by molar-refractivity contribution is -0.140. The molecule has 2 heterocycles. The van der Waals surface area contributed by atoms with Crippen LogP contribution in [0.15, 0.2) is 41.8 Å². The first-order valence-corrected chi connectivity index (χ1v) is 10.9. The van der Waals surface area contributed by atoms with Crippen molar-refractivity contribution in [2.45, 2.75) is 43.9 Å². The van der Waals surface area contributed by atoms with E-state index in [0.29, 0.717) is 42.3 Å². The lowest BCUT2D eigenvalue weighted by Crippen LogP contribution is -2.43. The minimum atomic E-state index is -4.53. The van der Waals surface area contributed by atoms with Gasteiger partial charge in [0.15, 0.2) is 0 Å². The predicted molar refractivity (Wildman–Crippen MR) is 113 cm³/mol. The third-order valence-corrected chi connectivity index (χ3v) is 6.66. The average molecular weight is 451 g/mol. The number of para-hydroxylation sites is 1. The Morgan fingerprint density at radius 3 is 2.52 bits per heavy atom. The van der Waals surface area contributed by atoms with Crippen molar-refractivity contribution in [3.63, 3.8) is 0 Å². The van der Waals surface area contributed by atoms with Gasteiger partial charge in [0.25, 0.3) is 5.91 Å². The molecule has 9 heteroatoms. The monoisotopic (exact) mass is 451 g/mol. The topological polar surface area (TPSA) is 45.2 Å². The fraction of sp³-hybridized carbons (Fsp3) is 0.364. The Morgan fingerprint density at radius 1 is 1.16 bits per heavy atom. The van der Waals surface area contributed by atoms with Gasteiger partial charge in [0, 0.05) is 30.2 Å². The van der Waals surface area contributed by atoms with Crippen LogP contribution in [0, 0.1) is 5.82 Å². The largest absolute Gasteiger partial charge is 0.433 e. The van der Waals surface area contributed by atoms with Crippen LogP contribution < -0.4 is 10.2 Å². The molecule has 1 aliphatic carbocycles. The maximum atomic E-state index is 13.6. The fourth-order valence-electron chi connectivity index (χ4n) is 4.10. The summed E-state index contributed by atoms with van der Waals surface area (Å²) in [7, 11) is 1.80. The quantitative estimate of drug-likeness (QED) is 0.523. The molecule has 1 saturated carbocycles. The Labute approximate surface area is 180 Å². The summed E-state index contributed by atoms with van der Waals surface area (Å²) in [6.07, 6.45) is -1.79. The molecule has 0 bridgehead atoms. The van der Waals surface area contributed by atoms with Crippen LogP contribution in [0.25, 0.3) is 10.9 Å². The number of hydrogen-bond acceptors (Lipinski definition) is 4. The second-order valence-electron chi connectivity index (χ2n) is 7.73. The predicted octanol–water partition coefficient (Wildman–Crippen LogP) is 5.63.